The van der Waals surface area contributed by atoms with Crippen LogP contribution in [-0.4, -0.2) is 82.3 Å². The van der Waals surface area contributed by atoms with Crippen LogP contribution in [0.1, 0.15) is 19.8 Å². The van der Waals surface area contributed by atoms with Crippen molar-refractivity contribution in [1.82, 2.24) is 19.4 Å². The fourth-order valence-electron chi connectivity index (χ4n) is 4.54. The Bertz CT molecular complexity index is 936. The van der Waals surface area contributed by atoms with E-state index in [9.17, 15) is 9.59 Å². The van der Waals surface area contributed by atoms with Crippen molar-refractivity contribution in [3.63, 3.8) is 0 Å². The molecule has 1 amide bonds. The quantitative estimate of drug-likeness (QED) is 0.790. The Kier molecular flexibility index (Phi) is 5.82. The van der Waals surface area contributed by atoms with E-state index in [4.69, 9.17) is 5.11 Å². The monoisotopic (exact) mass is 399 g/mol. The zero-order chi connectivity index (χ0) is 20.4. The zero-order valence-electron chi connectivity index (χ0n) is 17.0. The Morgan fingerprint density at radius 1 is 1.21 bits per heavy atom. The highest BCUT2D eigenvalue weighted by atomic mass is 16.3. The molecule has 2 fully saturated rings. The number of fused-ring (bicyclic) bond motifs is 1. The summed E-state index contributed by atoms with van der Waals surface area (Å²) in [6.45, 7) is 7.45. The minimum atomic E-state index is -0.119. The van der Waals surface area contributed by atoms with Crippen molar-refractivity contribution in [2.75, 3.05) is 50.8 Å². The predicted octanol–water partition coefficient (Wildman–Crippen LogP) is 0.522. The number of piperazine rings is 1. The first-order chi connectivity index (χ1) is 14.1. The summed E-state index contributed by atoms with van der Waals surface area (Å²) in [6.07, 6.45) is 3.71. The van der Waals surface area contributed by atoms with Crippen molar-refractivity contribution in [2.24, 2.45) is 0 Å². The van der Waals surface area contributed by atoms with Gasteiger partial charge in [0, 0.05) is 57.9 Å². The zero-order valence-corrected chi connectivity index (χ0v) is 17.0. The number of aliphatic hydroxyl groups excluding tert-OH is 1. The number of carbonyl (C=O) groups excluding carboxylic acids is 1. The van der Waals surface area contributed by atoms with Gasteiger partial charge in [-0.3, -0.25) is 19.1 Å². The van der Waals surface area contributed by atoms with E-state index in [1.54, 1.807) is 6.92 Å². The summed E-state index contributed by atoms with van der Waals surface area (Å²) in [6, 6.07) is 6.15. The van der Waals surface area contributed by atoms with Crippen LogP contribution < -0.4 is 10.5 Å². The lowest BCUT2D eigenvalue weighted by molar-refractivity contribution is -0.129. The van der Waals surface area contributed by atoms with Gasteiger partial charge in [0.25, 0.3) is 5.56 Å². The van der Waals surface area contributed by atoms with Gasteiger partial charge in [0.15, 0.2) is 0 Å². The Hall–Kier alpha value is -2.45. The summed E-state index contributed by atoms with van der Waals surface area (Å²) in [5.41, 5.74) is 1.65. The average Bonchev–Trinajstić information content (AvgIpc) is 3.19. The highest BCUT2D eigenvalue weighted by Gasteiger charge is 2.29. The first kappa shape index (κ1) is 19.8. The molecule has 4 rings (SSSR count). The molecule has 1 aromatic heterocycles. The van der Waals surface area contributed by atoms with E-state index in [1.807, 2.05) is 23.1 Å². The van der Waals surface area contributed by atoms with Crippen LogP contribution in [0, 0.1) is 0 Å². The molecule has 8 nitrogen and oxygen atoms in total. The highest BCUT2D eigenvalue weighted by Crippen LogP contribution is 2.22. The second-order valence-corrected chi connectivity index (χ2v) is 7.96. The van der Waals surface area contributed by atoms with Gasteiger partial charge in [-0.2, -0.15) is 0 Å². The fourth-order valence-corrected chi connectivity index (χ4v) is 4.54. The number of nitrogens with zero attached hydrogens (tertiary/aromatic N) is 5. The molecule has 0 aliphatic carbocycles. The third-order valence-corrected chi connectivity index (χ3v) is 6.14. The normalized spacial score (nSPS) is 20.6. The molecule has 1 aromatic carbocycles. The van der Waals surface area contributed by atoms with Gasteiger partial charge in [-0.05, 0) is 31.0 Å². The summed E-state index contributed by atoms with van der Waals surface area (Å²) in [5, 5.41) is 9.64. The molecule has 156 valence electrons. The summed E-state index contributed by atoms with van der Waals surface area (Å²) >= 11 is 0. The van der Waals surface area contributed by atoms with Gasteiger partial charge >= 0.3 is 0 Å². The summed E-state index contributed by atoms with van der Waals surface area (Å²) in [7, 11) is 0. The van der Waals surface area contributed by atoms with Gasteiger partial charge in [0.2, 0.25) is 5.91 Å². The molecule has 1 unspecified atom stereocenters. The molecule has 1 N–H and O–H groups in total. The standard InChI is InChI=1S/C21H29N5O3/c1-16(28)26-6-2-3-18(26)14-23-7-9-24(10-8-23)17-4-5-19-20(13-17)22-15-25(11-12-27)21(19)29/h4-5,13,15,18,27H,2-3,6-12,14H2,1H3. The maximum absolute atomic E-state index is 12.5. The summed E-state index contributed by atoms with van der Waals surface area (Å²) in [5.74, 6) is 0.188. The first-order valence-corrected chi connectivity index (χ1v) is 10.4. The molecule has 2 aliphatic heterocycles. The van der Waals surface area contributed by atoms with E-state index in [0.29, 0.717) is 16.9 Å². The van der Waals surface area contributed by atoms with Gasteiger partial charge in [-0.25, -0.2) is 4.98 Å². The van der Waals surface area contributed by atoms with E-state index in [2.05, 4.69) is 14.8 Å². The van der Waals surface area contributed by atoms with Gasteiger partial charge in [-0.15, -0.1) is 0 Å². The van der Waals surface area contributed by atoms with Crippen molar-refractivity contribution in [1.29, 1.82) is 0 Å². The lowest BCUT2D eigenvalue weighted by Crippen LogP contribution is -2.51. The Balaban J connectivity index is 1.40. The lowest BCUT2D eigenvalue weighted by Gasteiger charge is -2.38. The van der Waals surface area contributed by atoms with Crippen LogP contribution in [0.2, 0.25) is 0 Å². The molecule has 0 radical (unpaired) electrons. The minimum absolute atomic E-state index is 0.0828. The maximum Gasteiger partial charge on any atom is 0.261 e. The minimum Gasteiger partial charge on any atom is -0.395 e. The lowest BCUT2D eigenvalue weighted by atomic mass is 10.1. The number of likely N-dealkylation sites (tertiary alicyclic amines) is 1. The van der Waals surface area contributed by atoms with Crippen molar-refractivity contribution >= 4 is 22.5 Å². The highest BCUT2D eigenvalue weighted by molar-refractivity contribution is 5.81. The summed E-state index contributed by atoms with van der Waals surface area (Å²) < 4.78 is 1.44. The van der Waals surface area contributed by atoms with E-state index in [-0.39, 0.29) is 24.6 Å². The number of amides is 1. The third kappa shape index (κ3) is 4.13. The number of hydrogen-bond acceptors (Lipinski definition) is 6. The molecule has 3 heterocycles. The number of carbonyl (C=O) groups is 1. The van der Waals surface area contributed by atoms with Crippen LogP contribution >= 0.6 is 0 Å². The van der Waals surface area contributed by atoms with Crippen LogP contribution in [0.5, 0.6) is 0 Å². The van der Waals surface area contributed by atoms with Crippen LogP contribution in [0.15, 0.2) is 29.3 Å². The van der Waals surface area contributed by atoms with Crippen LogP contribution in [0.3, 0.4) is 0 Å². The largest absolute Gasteiger partial charge is 0.395 e. The molecule has 8 heteroatoms. The van der Waals surface area contributed by atoms with E-state index in [0.717, 1.165) is 57.8 Å². The molecule has 2 aliphatic rings. The van der Waals surface area contributed by atoms with Crippen molar-refractivity contribution in [3.8, 4) is 0 Å². The SMILES string of the molecule is CC(=O)N1CCCC1CN1CCN(c2ccc3c(=O)n(CCO)cnc3c2)CC1. The van der Waals surface area contributed by atoms with Gasteiger partial charge in [0.05, 0.1) is 30.4 Å². The number of hydrogen-bond donors (Lipinski definition) is 1. The molecular weight excluding hydrogens is 370 g/mol. The Morgan fingerprint density at radius 3 is 2.72 bits per heavy atom. The van der Waals surface area contributed by atoms with Crippen molar-refractivity contribution in [3.05, 3.63) is 34.9 Å². The topological polar surface area (TPSA) is 81.9 Å². The van der Waals surface area contributed by atoms with Crippen LogP contribution in [0.4, 0.5) is 5.69 Å². The van der Waals surface area contributed by atoms with Crippen LogP contribution in [-0.2, 0) is 11.3 Å². The molecule has 29 heavy (non-hydrogen) atoms. The van der Waals surface area contributed by atoms with Crippen molar-refractivity contribution in [2.45, 2.75) is 32.4 Å². The number of benzene rings is 1. The Labute approximate surface area is 170 Å². The van der Waals surface area contributed by atoms with E-state index in [1.165, 1.54) is 10.9 Å². The van der Waals surface area contributed by atoms with Gasteiger partial charge in [0.1, 0.15) is 0 Å². The van der Waals surface area contributed by atoms with Crippen LogP contribution in [0.25, 0.3) is 10.9 Å². The third-order valence-electron chi connectivity index (χ3n) is 6.14. The number of rotatable bonds is 5. The predicted molar refractivity (Wildman–Crippen MR) is 112 cm³/mol. The molecule has 2 aromatic rings. The van der Waals surface area contributed by atoms with Crippen molar-refractivity contribution < 1.29 is 9.90 Å². The number of aliphatic hydroxyl groups is 1. The average molecular weight is 399 g/mol. The number of aromatic nitrogens is 2. The molecule has 0 bridgehead atoms. The second kappa shape index (κ2) is 8.51. The molecule has 2 saturated heterocycles. The first-order valence-electron chi connectivity index (χ1n) is 10.4. The van der Waals surface area contributed by atoms with E-state index >= 15 is 0 Å². The van der Waals surface area contributed by atoms with Gasteiger partial charge in [-0.1, -0.05) is 0 Å². The molecule has 0 spiro atoms. The maximum atomic E-state index is 12.5. The summed E-state index contributed by atoms with van der Waals surface area (Å²) in [4.78, 5) is 35.4. The smallest absolute Gasteiger partial charge is 0.261 e. The van der Waals surface area contributed by atoms with Gasteiger partial charge < -0.3 is 14.9 Å². The van der Waals surface area contributed by atoms with E-state index < -0.39 is 0 Å². The molecule has 0 saturated carbocycles. The second-order valence-electron chi connectivity index (χ2n) is 7.96. The number of anilines is 1. The molecular formula is C21H29N5O3. The Morgan fingerprint density at radius 2 is 2.00 bits per heavy atom. The fraction of sp³-hybridized carbons (Fsp3) is 0.571. The molecule has 1 atom stereocenters.